The van der Waals surface area contributed by atoms with Crippen LogP contribution in [0, 0.1) is 0 Å². The molecule has 0 bridgehead atoms. The minimum atomic E-state index is -0.713. The molecular weight excluding hydrogens is 355 g/mol. The Labute approximate surface area is 150 Å². The Morgan fingerprint density at radius 1 is 1.33 bits per heavy atom. The van der Waals surface area contributed by atoms with Gasteiger partial charge in [-0.1, -0.05) is 23.2 Å². The van der Waals surface area contributed by atoms with Crippen molar-refractivity contribution in [3.8, 4) is 0 Å². The molecule has 0 aliphatic rings. The number of rotatable bonds is 6. The van der Waals surface area contributed by atoms with E-state index in [0.29, 0.717) is 6.54 Å². The number of nitrogens with one attached hydrogen (secondary N) is 1. The zero-order chi connectivity index (χ0) is 18.3. The summed E-state index contributed by atoms with van der Waals surface area (Å²) in [4.78, 5) is 27.8. The molecule has 130 valence electrons. The summed E-state index contributed by atoms with van der Waals surface area (Å²) < 4.78 is 4.83. The molecule has 0 unspecified atom stereocenters. The Morgan fingerprint density at radius 3 is 2.54 bits per heavy atom. The lowest BCUT2D eigenvalue weighted by Crippen LogP contribution is -2.23. The number of hydrogen-bond donors (Lipinski definition) is 2. The standard InChI is InChI=1S/C16H18Cl2N2O4/c1-4-19-15(22)13-11(17)6-7-12(14(13)18)20-8-10(9(3)21)16(23)24-5-2/h6-8,21H,4-5H2,1-3H3,(H,19,22). The van der Waals surface area contributed by atoms with Gasteiger partial charge in [0.15, 0.2) is 0 Å². The molecule has 0 atom stereocenters. The number of carbonyl (C=O) groups excluding carboxylic acids is 2. The molecule has 0 saturated carbocycles. The first kappa shape index (κ1) is 20.0. The Bertz CT molecular complexity index is 696. The number of carbonyl (C=O) groups is 2. The highest BCUT2D eigenvalue weighted by Gasteiger charge is 2.18. The van der Waals surface area contributed by atoms with Crippen molar-refractivity contribution in [2.75, 3.05) is 13.2 Å². The summed E-state index contributed by atoms with van der Waals surface area (Å²) in [6.07, 6.45) is 1.13. The predicted molar refractivity (Wildman–Crippen MR) is 94.6 cm³/mol. The molecule has 1 rings (SSSR count). The molecular formula is C16H18Cl2N2O4. The van der Waals surface area contributed by atoms with E-state index in [1.54, 1.807) is 13.8 Å². The Morgan fingerprint density at radius 2 is 2.00 bits per heavy atom. The second-order valence-corrected chi connectivity index (χ2v) is 5.38. The zero-order valence-corrected chi connectivity index (χ0v) is 15.0. The van der Waals surface area contributed by atoms with Crippen molar-refractivity contribution >= 4 is 47.0 Å². The van der Waals surface area contributed by atoms with E-state index in [1.807, 2.05) is 0 Å². The Kier molecular flexibility index (Phi) is 7.74. The summed E-state index contributed by atoms with van der Waals surface area (Å²) in [7, 11) is 0. The molecule has 0 saturated heterocycles. The van der Waals surface area contributed by atoms with Crippen molar-refractivity contribution in [3.63, 3.8) is 0 Å². The van der Waals surface area contributed by atoms with E-state index in [-0.39, 0.29) is 39.2 Å². The smallest absolute Gasteiger partial charge is 0.343 e. The van der Waals surface area contributed by atoms with E-state index >= 15 is 0 Å². The lowest BCUT2D eigenvalue weighted by Gasteiger charge is -2.09. The van der Waals surface area contributed by atoms with Gasteiger partial charge in [0.2, 0.25) is 0 Å². The summed E-state index contributed by atoms with van der Waals surface area (Å²) in [5.74, 6) is -1.38. The van der Waals surface area contributed by atoms with E-state index < -0.39 is 11.9 Å². The van der Waals surface area contributed by atoms with Gasteiger partial charge in [-0.2, -0.15) is 0 Å². The second kappa shape index (κ2) is 9.30. The third-order valence-corrected chi connectivity index (χ3v) is 3.55. The van der Waals surface area contributed by atoms with Gasteiger partial charge in [0, 0.05) is 12.8 Å². The maximum Gasteiger partial charge on any atom is 0.343 e. The highest BCUT2D eigenvalue weighted by Crippen LogP contribution is 2.33. The minimum Gasteiger partial charge on any atom is -0.512 e. The summed E-state index contributed by atoms with van der Waals surface area (Å²) in [5.41, 5.74) is 0.213. The van der Waals surface area contributed by atoms with Crippen LogP contribution in [-0.2, 0) is 9.53 Å². The minimum absolute atomic E-state index is 0.0449. The van der Waals surface area contributed by atoms with Crippen molar-refractivity contribution in [2.24, 2.45) is 4.99 Å². The largest absolute Gasteiger partial charge is 0.512 e. The monoisotopic (exact) mass is 372 g/mol. The number of esters is 1. The number of aliphatic imine (C=N–C) groups is 1. The molecule has 1 amide bonds. The highest BCUT2D eigenvalue weighted by atomic mass is 35.5. The lowest BCUT2D eigenvalue weighted by molar-refractivity contribution is -0.138. The van der Waals surface area contributed by atoms with Crippen LogP contribution >= 0.6 is 23.2 Å². The molecule has 1 aromatic carbocycles. The fourth-order valence-corrected chi connectivity index (χ4v) is 2.33. The molecule has 0 aliphatic heterocycles. The second-order valence-electron chi connectivity index (χ2n) is 4.59. The van der Waals surface area contributed by atoms with E-state index in [4.69, 9.17) is 27.9 Å². The van der Waals surface area contributed by atoms with Gasteiger partial charge in [0.25, 0.3) is 5.91 Å². The van der Waals surface area contributed by atoms with E-state index in [2.05, 4.69) is 10.3 Å². The number of ether oxygens (including phenoxy) is 1. The van der Waals surface area contributed by atoms with Crippen molar-refractivity contribution in [3.05, 3.63) is 39.1 Å². The molecule has 0 radical (unpaired) electrons. The van der Waals surface area contributed by atoms with Crippen LogP contribution in [0.25, 0.3) is 0 Å². The molecule has 2 N–H and O–H groups in total. The normalized spacial score (nSPS) is 12.0. The van der Waals surface area contributed by atoms with Crippen LogP contribution in [0.4, 0.5) is 5.69 Å². The summed E-state index contributed by atoms with van der Waals surface area (Å²) >= 11 is 12.2. The van der Waals surface area contributed by atoms with E-state index in [1.165, 1.54) is 19.1 Å². The maximum atomic E-state index is 12.0. The van der Waals surface area contributed by atoms with Gasteiger partial charge >= 0.3 is 5.97 Å². The van der Waals surface area contributed by atoms with Crippen molar-refractivity contribution in [1.82, 2.24) is 5.32 Å². The van der Waals surface area contributed by atoms with E-state index in [9.17, 15) is 14.7 Å². The van der Waals surface area contributed by atoms with Crippen molar-refractivity contribution in [2.45, 2.75) is 20.8 Å². The van der Waals surface area contributed by atoms with Crippen LogP contribution in [0.1, 0.15) is 31.1 Å². The molecule has 0 heterocycles. The number of hydrogen-bond acceptors (Lipinski definition) is 5. The third-order valence-electron chi connectivity index (χ3n) is 2.85. The predicted octanol–water partition coefficient (Wildman–Crippen LogP) is 3.84. The van der Waals surface area contributed by atoms with Crippen LogP contribution in [0.5, 0.6) is 0 Å². The van der Waals surface area contributed by atoms with Gasteiger partial charge < -0.3 is 15.2 Å². The number of nitrogens with zero attached hydrogens (tertiary/aromatic N) is 1. The van der Waals surface area contributed by atoms with Gasteiger partial charge in [0.05, 0.1) is 27.9 Å². The SMILES string of the molecule is CCNC(=O)c1c(Cl)ccc(N=CC(C(=O)OCC)=C(C)O)c1Cl. The average molecular weight is 373 g/mol. The number of aliphatic hydroxyl groups is 1. The molecule has 8 heteroatoms. The van der Waals surface area contributed by atoms with Crippen molar-refractivity contribution in [1.29, 1.82) is 0 Å². The molecule has 24 heavy (non-hydrogen) atoms. The molecule has 0 spiro atoms. The first-order chi connectivity index (χ1) is 11.3. The fourth-order valence-electron chi connectivity index (χ4n) is 1.74. The van der Waals surface area contributed by atoms with Crippen LogP contribution in [0.3, 0.4) is 0 Å². The lowest BCUT2D eigenvalue weighted by atomic mass is 10.1. The number of amides is 1. The van der Waals surface area contributed by atoms with Gasteiger partial charge in [0.1, 0.15) is 11.3 Å². The molecule has 0 aromatic heterocycles. The summed E-state index contributed by atoms with van der Waals surface area (Å²) in [6.45, 7) is 5.32. The van der Waals surface area contributed by atoms with Crippen LogP contribution in [0.2, 0.25) is 10.0 Å². The Balaban J connectivity index is 3.24. The average Bonchev–Trinajstić information content (AvgIpc) is 2.49. The van der Waals surface area contributed by atoms with Gasteiger partial charge in [-0.15, -0.1) is 0 Å². The van der Waals surface area contributed by atoms with E-state index in [0.717, 1.165) is 6.21 Å². The first-order valence-corrected chi connectivity index (χ1v) is 7.96. The third kappa shape index (κ3) is 4.97. The highest BCUT2D eigenvalue weighted by molar-refractivity contribution is 6.41. The zero-order valence-electron chi connectivity index (χ0n) is 13.5. The number of halogens is 2. The number of benzene rings is 1. The number of allylic oxidation sites excluding steroid dienone is 1. The maximum absolute atomic E-state index is 12.0. The van der Waals surface area contributed by atoms with Crippen molar-refractivity contribution < 1.29 is 19.4 Å². The molecule has 1 aromatic rings. The van der Waals surface area contributed by atoms with Gasteiger partial charge in [-0.05, 0) is 32.9 Å². The quantitative estimate of drug-likeness (QED) is 0.343. The molecule has 0 fully saturated rings. The van der Waals surface area contributed by atoms with Crippen LogP contribution < -0.4 is 5.32 Å². The van der Waals surface area contributed by atoms with Gasteiger partial charge in [-0.3, -0.25) is 9.79 Å². The van der Waals surface area contributed by atoms with Crippen LogP contribution in [-0.4, -0.2) is 36.3 Å². The molecule has 6 nitrogen and oxygen atoms in total. The molecule has 0 aliphatic carbocycles. The van der Waals surface area contributed by atoms with Crippen LogP contribution in [0.15, 0.2) is 28.5 Å². The summed E-state index contributed by atoms with van der Waals surface area (Å²) in [5, 5.41) is 12.4. The topological polar surface area (TPSA) is 88.0 Å². The Hall–Kier alpha value is -2.05. The first-order valence-electron chi connectivity index (χ1n) is 7.20. The fraction of sp³-hybridized carbons (Fsp3) is 0.312. The van der Waals surface area contributed by atoms with Gasteiger partial charge in [-0.25, -0.2) is 4.79 Å². The summed E-state index contributed by atoms with van der Waals surface area (Å²) in [6, 6.07) is 2.98. The number of aliphatic hydroxyl groups excluding tert-OH is 1.